The molecule has 0 amide bonds. The van der Waals surface area contributed by atoms with Crippen LogP contribution in [0.1, 0.15) is 6.42 Å². The number of carbonyl (C=O) groups is 1. The Morgan fingerprint density at radius 2 is 2.29 bits per heavy atom. The fraction of sp³-hybridized carbons (Fsp3) is 0.300. The summed E-state index contributed by atoms with van der Waals surface area (Å²) in [6.07, 6.45) is 1.23. The van der Waals surface area contributed by atoms with E-state index in [9.17, 15) is 4.79 Å². The molecule has 14 heavy (non-hydrogen) atoms. The summed E-state index contributed by atoms with van der Waals surface area (Å²) in [5.41, 5.74) is 0. The predicted molar refractivity (Wildman–Crippen MR) is 56.9 cm³/mol. The van der Waals surface area contributed by atoms with Gasteiger partial charge in [-0.15, -0.1) is 0 Å². The molecule has 0 fully saturated rings. The number of hydrogen-bond acceptors (Lipinski definition) is 3. The summed E-state index contributed by atoms with van der Waals surface area (Å²) in [7, 11) is 1.59. The van der Waals surface area contributed by atoms with E-state index in [1.165, 1.54) is 0 Å². The number of rotatable bonds is 5. The first-order valence-corrected chi connectivity index (χ1v) is 4.97. The van der Waals surface area contributed by atoms with E-state index < -0.39 is 0 Å². The van der Waals surface area contributed by atoms with Crippen molar-refractivity contribution in [2.75, 3.05) is 13.7 Å². The third-order valence-electron chi connectivity index (χ3n) is 1.63. The molecule has 0 aromatic heterocycles. The monoisotopic (exact) mass is 258 g/mol. The van der Waals surface area contributed by atoms with Crippen LogP contribution in [0.15, 0.2) is 22.7 Å². The highest BCUT2D eigenvalue weighted by Gasteiger charge is 2.01. The van der Waals surface area contributed by atoms with E-state index >= 15 is 0 Å². The summed E-state index contributed by atoms with van der Waals surface area (Å²) in [5.74, 6) is 1.42. The Morgan fingerprint density at radius 1 is 1.50 bits per heavy atom. The van der Waals surface area contributed by atoms with Gasteiger partial charge in [0.1, 0.15) is 17.8 Å². The smallest absolute Gasteiger partial charge is 0.136 e. The molecule has 0 spiro atoms. The van der Waals surface area contributed by atoms with Crippen molar-refractivity contribution in [3.63, 3.8) is 0 Å². The Labute approximate surface area is 91.1 Å². The topological polar surface area (TPSA) is 35.5 Å². The first kappa shape index (κ1) is 11.0. The van der Waals surface area contributed by atoms with E-state index in [0.29, 0.717) is 24.5 Å². The quantitative estimate of drug-likeness (QED) is 0.601. The molecule has 1 aromatic carbocycles. The average molecular weight is 259 g/mol. The number of carbonyl (C=O) groups excluding carboxylic acids is 1. The average Bonchev–Trinajstić information content (AvgIpc) is 2.21. The lowest BCUT2D eigenvalue weighted by Gasteiger charge is -2.07. The summed E-state index contributed by atoms with van der Waals surface area (Å²) in [4.78, 5) is 10.1. The molecule has 0 bridgehead atoms. The molecular formula is C10H11BrO3. The number of aldehydes is 1. The highest BCUT2D eigenvalue weighted by Crippen LogP contribution is 2.28. The third kappa shape index (κ3) is 3.03. The third-order valence-corrected chi connectivity index (χ3v) is 2.28. The first-order chi connectivity index (χ1) is 6.77. The molecule has 0 aliphatic heterocycles. The van der Waals surface area contributed by atoms with Gasteiger partial charge in [-0.3, -0.25) is 0 Å². The fourth-order valence-electron chi connectivity index (χ4n) is 0.955. The van der Waals surface area contributed by atoms with Crippen LogP contribution in [0.2, 0.25) is 0 Å². The van der Waals surface area contributed by atoms with Crippen LogP contribution in [0.4, 0.5) is 0 Å². The minimum absolute atomic E-state index is 0.397. The predicted octanol–water partition coefficient (Wildman–Crippen LogP) is 2.43. The highest BCUT2D eigenvalue weighted by molar-refractivity contribution is 9.10. The van der Waals surface area contributed by atoms with Crippen LogP contribution >= 0.6 is 15.9 Å². The van der Waals surface area contributed by atoms with Gasteiger partial charge in [0.05, 0.1) is 18.2 Å². The molecule has 0 aliphatic rings. The maximum absolute atomic E-state index is 10.1. The molecule has 0 heterocycles. The molecule has 0 radical (unpaired) electrons. The molecule has 0 saturated heterocycles. The summed E-state index contributed by atoms with van der Waals surface area (Å²) in [6, 6.07) is 5.43. The van der Waals surface area contributed by atoms with E-state index in [2.05, 4.69) is 15.9 Å². The van der Waals surface area contributed by atoms with Gasteiger partial charge in [0.25, 0.3) is 0 Å². The van der Waals surface area contributed by atoms with Gasteiger partial charge in [-0.2, -0.15) is 0 Å². The number of ether oxygens (including phenoxy) is 2. The number of benzene rings is 1. The van der Waals surface area contributed by atoms with Crippen LogP contribution in [0, 0.1) is 0 Å². The van der Waals surface area contributed by atoms with Gasteiger partial charge in [0, 0.05) is 12.5 Å². The maximum atomic E-state index is 10.1. The van der Waals surface area contributed by atoms with E-state index in [1.54, 1.807) is 13.2 Å². The van der Waals surface area contributed by atoms with Crippen molar-refractivity contribution in [1.82, 2.24) is 0 Å². The molecule has 0 unspecified atom stereocenters. The van der Waals surface area contributed by atoms with E-state index in [0.717, 1.165) is 10.8 Å². The minimum Gasteiger partial charge on any atom is -0.495 e. The van der Waals surface area contributed by atoms with Crippen LogP contribution in [0.5, 0.6) is 11.5 Å². The lowest BCUT2D eigenvalue weighted by atomic mass is 10.3. The van der Waals surface area contributed by atoms with Crippen LogP contribution in [-0.2, 0) is 4.79 Å². The second-order valence-corrected chi connectivity index (χ2v) is 3.45. The van der Waals surface area contributed by atoms with Crippen molar-refractivity contribution >= 4 is 22.2 Å². The van der Waals surface area contributed by atoms with E-state index in [4.69, 9.17) is 9.47 Å². The first-order valence-electron chi connectivity index (χ1n) is 4.18. The molecule has 0 aliphatic carbocycles. The minimum atomic E-state index is 0.397. The lowest BCUT2D eigenvalue weighted by Crippen LogP contribution is -1.97. The van der Waals surface area contributed by atoms with E-state index in [1.807, 2.05) is 12.1 Å². The Bertz CT molecular complexity index is 312. The maximum Gasteiger partial charge on any atom is 0.136 e. The van der Waals surface area contributed by atoms with Gasteiger partial charge in [-0.05, 0) is 28.1 Å². The fourth-order valence-corrected chi connectivity index (χ4v) is 1.36. The van der Waals surface area contributed by atoms with Crippen molar-refractivity contribution in [1.29, 1.82) is 0 Å². The molecule has 0 atom stereocenters. The van der Waals surface area contributed by atoms with Crippen molar-refractivity contribution in [2.45, 2.75) is 6.42 Å². The summed E-state index contributed by atoms with van der Waals surface area (Å²) in [5, 5.41) is 0. The number of halogens is 1. The lowest BCUT2D eigenvalue weighted by molar-refractivity contribution is -0.108. The number of hydrogen-bond donors (Lipinski definition) is 0. The van der Waals surface area contributed by atoms with Crippen LogP contribution in [0.3, 0.4) is 0 Å². The molecule has 3 nitrogen and oxygen atoms in total. The molecule has 0 N–H and O–H groups in total. The molecule has 1 rings (SSSR count). The standard InChI is InChI=1S/C10H11BrO3/c1-13-10-7-8(3-4-9(10)11)14-6-2-5-12/h3-5,7H,2,6H2,1H3. The van der Waals surface area contributed by atoms with Crippen molar-refractivity contribution in [3.05, 3.63) is 22.7 Å². The SMILES string of the molecule is COc1cc(OCCC=O)ccc1Br. The zero-order chi connectivity index (χ0) is 10.4. The summed E-state index contributed by atoms with van der Waals surface area (Å²) >= 11 is 3.34. The zero-order valence-electron chi connectivity index (χ0n) is 7.83. The molecule has 76 valence electrons. The Hall–Kier alpha value is -1.03. The normalized spacial score (nSPS) is 9.57. The van der Waals surface area contributed by atoms with Gasteiger partial charge in [0.2, 0.25) is 0 Å². The Kier molecular flexibility index (Phi) is 4.46. The van der Waals surface area contributed by atoms with Crippen molar-refractivity contribution in [2.24, 2.45) is 0 Å². The Morgan fingerprint density at radius 3 is 2.93 bits per heavy atom. The van der Waals surface area contributed by atoms with Crippen LogP contribution in [-0.4, -0.2) is 20.0 Å². The zero-order valence-corrected chi connectivity index (χ0v) is 9.41. The van der Waals surface area contributed by atoms with Gasteiger partial charge in [0.15, 0.2) is 0 Å². The largest absolute Gasteiger partial charge is 0.495 e. The van der Waals surface area contributed by atoms with Crippen molar-refractivity contribution in [3.8, 4) is 11.5 Å². The van der Waals surface area contributed by atoms with Gasteiger partial charge >= 0.3 is 0 Å². The number of methoxy groups -OCH3 is 1. The second kappa shape index (κ2) is 5.65. The van der Waals surface area contributed by atoms with Gasteiger partial charge in [-0.1, -0.05) is 0 Å². The summed E-state index contributed by atoms with van der Waals surface area (Å²) < 4.78 is 11.3. The summed E-state index contributed by atoms with van der Waals surface area (Å²) in [6.45, 7) is 0.397. The van der Waals surface area contributed by atoms with Crippen LogP contribution < -0.4 is 9.47 Å². The highest BCUT2D eigenvalue weighted by atomic mass is 79.9. The van der Waals surface area contributed by atoms with Crippen molar-refractivity contribution < 1.29 is 14.3 Å². The van der Waals surface area contributed by atoms with Gasteiger partial charge < -0.3 is 14.3 Å². The molecular weight excluding hydrogens is 248 g/mol. The molecule has 1 aromatic rings. The Balaban J connectivity index is 2.64. The molecule has 0 saturated carbocycles. The van der Waals surface area contributed by atoms with E-state index in [-0.39, 0.29) is 0 Å². The second-order valence-electron chi connectivity index (χ2n) is 2.60. The molecule has 4 heteroatoms. The van der Waals surface area contributed by atoms with Gasteiger partial charge in [-0.25, -0.2) is 0 Å². The van der Waals surface area contributed by atoms with Crippen LogP contribution in [0.25, 0.3) is 0 Å².